The van der Waals surface area contributed by atoms with Crippen LogP contribution in [0.15, 0.2) is 11.4 Å². The van der Waals surface area contributed by atoms with E-state index in [4.69, 9.17) is 10.8 Å². The Hall–Kier alpha value is -1.12. The Kier molecular flexibility index (Phi) is 5.12. The van der Waals surface area contributed by atoms with Gasteiger partial charge in [-0.2, -0.15) is 4.31 Å². The highest BCUT2D eigenvalue weighted by Gasteiger charge is 2.29. The summed E-state index contributed by atoms with van der Waals surface area (Å²) in [6, 6.07) is 0. The van der Waals surface area contributed by atoms with Gasteiger partial charge in [-0.3, -0.25) is 0 Å². The molecule has 0 saturated heterocycles. The molecule has 0 unspecified atom stereocenters. The first kappa shape index (κ1) is 14.9. The second-order valence-electron chi connectivity index (χ2n) is 4.03. The number of aliphatic hydroxyl groups excluding tert-OH is 1. The summed E-state index contributed by atoms with van der Waals surface area (Å²) in [7, 11) is -2.13. The van der Waals surface area contributed by atoms with Crippen LogP contribution in [0.1, 0.15) is 19.8 Å². The average Bonchev–Trinajstić information content (AvgIpc) is 2.64. The molecule has 0 aromatic carbocycles. The van der Waals surface area contributed by atoms with Crippen LogP contribution in [0.25, 0.3) is 0 Å². The number of imidazole rings is 1. The van der Waals surface area contributed by atoms with Gasteiger partial charge >= 0.3 is 0 Å². The molecule has 1 rings (SSSR count). The van der Waals surface area contributed by atoms with Crippen molar-refractivity contribution in [2.45, 2.75) is 24.8 Å². The second-order valence-corrected chi connectivity index (χ2v) is 5.88. The number of unbranched alkanes of at least 4 members (excludes halogenated alkanes) is 1. The van der Waals surface area contributed by atoms with Gasteiger partial charge in [0.05, 0.1) is 12.9 Å². The van der Waals surface area contributed by atoms with Crippen LogP contribution in [-0.2, 0) is 17.1 Å². The Bertz CT molecular complexity index is 464. The lowest BCUT2D eigenvalue weighted by atomic mass is 10.3. The van der Waals surface area contributed by atoms with E-state index < -0.39 is 10.0 Å². The van der Waals surface area contributed by atoms with Crippen molar-refractivity contribution in [3.8, 4) is 0 Å². The maximum Gasteiger partial charge on any atom is 0.262 e. The largest absolute Gasteiger partial charge is 0.395 e. The van der Waals surface area contributed by atoms with Gasteiger partial charge in [0, 0.05) is 20.1 Å². The monoisotopic (exact) mass is 276 g/mol. The third-order valence-corrected chi connectivity index (χ3v) is 4.63. The summed E-state index contributed by atoms with van der Waals surface area (Å²) in [6.45, 7) is 2.18. The zero-order valence-electron chi connectivity index (χ0n) is 10.7. The average molecular weight is 276 g/mol. The second kappa shape index (κ2) is 6.17. The van der Waals surface area contributed by atoms with Crippen LogP contribution >= 0.6 is 0 Å². The van der Waals surface area contributed by atoms with Crippen LogP contribution < -0.4 is 5.73 Å². The van der Waals surface area contributed by atoms with Gasteiger partial charge in [-0.25, -0.2) is 13.4 Å². The van der Waals surface area contributed by atoms with Gasteiger partial charge in [-0.1, -0.05) is 13.3 Å². The number of hydrogen-bond donors (Lipinski definition) is 2. The van der Waals surface area contributed by atoms with Gasteiger partial charge in [0.15, 0.2) is 10.8 Å². The van der Waals surface area contributed by atoms with E-state index in [-0.39, 0.29) is 24.0 Å². The molecule has 0 bridgehead atoms. The Morgan fingerprint density at radius 3 is 2.61 bits per heavy atom. The van der Waals surface area contributed by atoms with Crippen molar-refractivity contribution in [1.29, 1.82) is 0 Å². The number of nitrogens with two attached hydrogens (primary N) is 1. The van der Waals surface area contributed by atoms with Crippen molar-refractivity contribution in [2.75, 3.05) is 25.4 Å². The Balaban J connectivity index is 3.09. The van der Waals surface area contributed by atoms with E-state index in [1.165, 1.54) is 15.2 Å². The normalized spacial score (nSPS) is 12.2. The molecule has 0 spiro atoms. The van der Waals surface area contributed by atoms with E-state index in [2.05, 4.69) is 4.98 Å². The first-order valence-electron chi connectivity index (χ1n) is 5.83. The number of aromatic nitrogens is 2. The highest BCUT2D eigenvalue weighted by molar-refractivity contribution is 7.89. The third kappa shape index (κ3) is 3.01. The summed E-state index contributed by atoms with van der Waals surface area (Å²) in [4.78, 5) is 3.78. The smallest absolute Gasteiger partial charge is 0.262 e. The molecule has 8 heteroatoms. The van der Waals surface area contributed by atoms with E-state index in [1.54, 1.807) is 7.05 Å². The SMILES string of the molecule is CCCCN(CCO)S(=O)(=O)c1c(N)ncn1C. The number of aryl methyl sites for hydroxylation is 1. The van der Waals surface area contributed by atoms with Crippen LogP contribution in [0, 0.1) is 0 Å². The summed E-state index contributed by atoms with van der Waals surface area (Å²) in [5, 5.41) is 8.95. The molecule has 0 aliphatic carbocycles. The number of hydrogen-bond acceptors (Lipinski definition) is 5. The van der Waals surface area contributed by atoms with Crippen molar-refractivity contribution in [3.05, 3.63) is 6.33 Å². The predicted molar refractivity (Wildman–Crippen MR) is 68.4 cm³/mol. The van der Waals surface area contributed by atoms with Crippen molar-refractivity contribution in [1.82, 2.24) is 13.9 Å². The first-order valence-corrected chi connectivity index (χ1v) is 7.27. The molecule has 0 aliphatic rings. The standard InChI is InChI=1S/C10H20N4O3S/c1-3-4-5-14(6-7-15)18(16,17)10-9(11)12-8-13(10)2/h8,15H,3-7,11H2,1-2H3. The molecule has 0 radical (unpaired) electrons. The fraction of sp³-hybridized carbons (Fsp3) is 0.700. The zero-order valence-corrected chi connectivity index (χ0v) is 11.5. The van der Waals surface area contributed by atoms with Crippen LogP contribution in [0.4, 0.5) is 5.82 Å². The van der Waals surface area contributed by atoms with E-state index in [1.807, 2.05) is 6.92 Å². The zero-order chi connectivity index (χ0) is 13.8. The molecule has 0 aliphatic heterocycles. The van der Waals surface area contributed by atoms with Crippen LogP contribution in [0.2, 0.25) is 0 Å². The number of nitrogen functional groups attached to an aromatic ring is 1. The van der Waals surface area contributed by atoms with Crippen molar-refractivity contribution in [2.24, 2.45) is 7.05 Å². The number of rotatable bonds is 7. The molecule has 3 N–H and O–H groups in total. The van der Waals surface area contributed by atoms with E-state index >= 15 is 0 Å². The molecular weight excluding hydrogens is 256 g/mol. The van der Waals surface area contributed by atoms with E-state index in [9.17, 15) is 8.42 Å². The van der Waals surface area contributed by atoms with Gasteiger partial charge in [-0.05, 0) is 6.42 Å². The van der Waals surface area contributed by atoms with Crippen molar-refractivity contribution >= 4 is 15.8 Å². The van der Waals surface area contributed by atoms with Crippen molar-refractivity contribution < 1.29 is 13.5 Å². The molecule has 1 heterocycles. The molecule has 18 heavy (non-hydrogen) atoms. The lowest BCUT2D eigenvalue weighted by Gasteiger charge is -2.21. The van der Waals surface area contributed by atoms with Gasteiger partial charge in [0.1, 0.15) is 0 Å². The minimum atomic E-state index is -3.70. The maximum atomic E-state index is 12.4. The minimum Gasteiger partial charge on any atom is -0.395 e. The molecule has 0 amide bonds. The number of anilines is 1. The number of nitrogens with zero attached hydrogens (tertiary/aromatic N) is 3. The highest BCUT2D eigenvalue weighted by atomic mass is 32.2. The molecule has 104 valence electrons. The Morgan fingerprint density at radius 2 is 2.17 bits per heavy atom. The molecular formula is C10H20N4O3S. The summed E-state index contributed by atoms with van der Waals surface area (Å²) in [6.07, 6.45) is 2.97. The molecule has 0 saturated carbocycles. The first-order chi connectivity index (χ1) is 8.45. The fourth-order valence-electron chi connectivity index (χ4n) is 1.67. The van der Waals surface area contributed by atoms with Crippen LogP contribution in [0.3, 0.4) is 0 Å². The van der Waals surface area contributed by atoms with E-state index in [0.29, 0.717) is 6.54 Å². The fourth-order valence-corrected chi connectivity index (χ4v) is 3.34. The summed E-state index contributed by atoms with van der Waals surface area (Å²) >= 11 is 0. The summed E-state index contributed by atoms with van der Waals surface area (Å²) in [5.41, 5.74) is 5.59. The Morgan fingerprint density at radius 1 is 1.50 bits per heavy atom. The molecule has 1 aromatic heterocycles. The third-order valence-electron chi connectivity index (χ3n) is 2.60. The highest BCUT2D eigenvalue weighted by Crippen LogP contribution is 2.20. The maximum absolute atomic E-state index is 12.4. The van der Waals surface area contributed by atoms with E-state index in [0.717, 1.165) is 12.8 Å². The van der Waals surface area contributed by atoms with Crippen LogP contribution in [0.5, 0.6) is 0 Å². The Labute approximate surface area is 107 Å². The lowest BCUT2D eigenvalue weighted by Crippen LogP contribution is -2.35. The molecule has 1 aromatic rings. The van der Waals surface area contributed by atoms with Gasteiger partial charge in [-0.15, -0.1) is 0 Å². The summed E-state index contributed by atoms with van der Waals surface area (Å²) < 4.78 is 27.4. The van der Waals surface area contributed by atoms with Gasteiger partial charge in [0.25, 0.3) is 10.0 Å². The van der Waals surface area contributed by atoms with Crippen molar-refractivity contribution in [3.63, 3.8) is 0 Å². The quantitative estimate of drug-likeness (QED) is 0.717. The number of sulfonamides is 1. The topological polar surface area (TPSA) is 101 Å². The predicted octanol–water partition coefficient (Wildman–Crippen LogP) is -0.215. The van der Waals surface area contributed by atoms with Gasteiger partial charge in [0.2, 0.25) is 0 Å². The summed E-state index contributed by atoms with van der Waals surface area (Å²) in [5.74, 6) is -0.0167. The van der Waals surface area contributed by atoms with Crippen LogP contribution in [-0.4, -0.2) is 47.1 Å². The van der Waals surface area contributed by atoms with Gasteiger partial charge < -0.3 is 15.4 Å². The lowest BCUT2D eigenvalue weighted by molar-refractivity contribution is 0.252. The molecule has 7 nitrogen and oxygen atoms in total. The minimum absolute atomic E-state index is 0.0167. The number of aliphatic hydroxyl groups is 1. The molecule has 0 atom stereocenters. The molecule has 0 fully saturated rings.